The van der Waals surface area contributed by atoms with Gasteiger partial charge in [-0.05, 0) is 48.1 Å². The lowest BCUT2D eigenvalue weighted by atomic mass is 9.96. The molecular weight excluding hydrogens is 318 g/mol. The summed E-state index contributed by atoms with van der Waals surface area (Å²) in [5.74, 6) is 0. The zero-order valence-electron chi connectivity index (χ0n) is 14.7. The van der Waals surface area contributed by atoms with E-state index in [0.717, 1.165) is 43.5 Å². The molecule has 0 spiro atoms. The van der Waals surface area contributed by atoms with Gasteiger partial charge >= 0.3 is 0 Å². The van der Waals surface area contributed by atoms with E-state index in [1.807, 2.05) is 24.4 Å². The zero-order chi connectivity index (χ0) is 17.8. The molecule has 128 valence electrons. The van der Waals surface area contributed by atoms with Crippen molar-refractivity contribution in [1.82, 2.24) is 4.98 Å². The van der Waals surface area contributed by atoms with Crippen LogP contribution in [0.5, 0.6) is 0 Å². The Labute approximate surface area is 154 Å². The van der Waals surface area contributed by atoms with Crippen molar-refractivity contribution < 1.29 is 0 Å². The van der Waals surface area contributed by atoms with E-state index in [2.05, 4.69) is 52.8 Å². The molecule has 0 atom stereocenters. The van der Waals surface area contributed by atoms with E-state index in [1.54, 1.807) is 0 Å². The zero-order valence-corrected chi connectivity index (χ0v) is 14.7. The SMILES string of the molecule is N#Cc1cccc2c1CCc1nccc(NCCc3ccccc3)c1C2. The molecule has 0 unspecified atom stereocenters. The molecule has 3 nitrogen and oxygen atoms in total. The summed E-state index contributed by atoms with van der Waals surface area (Å²) in [6, 6.07) is 21.0. The van der Waals surface area contributed by atoms with E-state index in [9.17, 15) is 5.26 Å². The minimum absolute atomic E-state index is 0.800. The lowest BCUT2D eigenvalue weighted by Crippen LogP contribution is -2.09. The molecular formula is C23H21N3. The van der Waals surface area contributed by atoms with Crippen LogP contribution in [0.2, 0.25) is 0 Å². The summed E-state index contributed by atoms with van der Waals surface area (Å²) in [4.78, 5) is 4.62. The van der Waals surface area contributed by atoms with Gasteiger partial charge in [0.25, 0.3) is 0 Å². The van der Waals surface area contributed by atoms with Crippen LogP contribution in [0.1, 0.15) is 33.5 Å². The van der Waals surface area contributed by atoms with Crippen molar-refractivity contribution in [2.75, 3.05) is 11.9 Å². The number of aromatic nitrogens is 1. The first-order valence-electron chi connectivity index (χ1n) is 9.10. The third-order valence-electron chi connectivity index (χ3n) is 5.09. The van der Waals surface area contributed by atoms with Crippen molar-refractivity contribution in [3.05, 3.63) is 94.3 Å². The Balaban J connectivity index is 1.57. The molecule has 4 rings (SSSR count). The number of benzene rings is 2. The summed E-state index contributed by atoms with van der Waals surface area (Å²) in [5, 5.41) is 13.0. The number of nitrogens with one attached hydrogen (secondary N) is 1. The van der Waals surface area contributed by atoms with Crippen LogP contribution in [0.4, 0.5) is 5.69 Å². The van der Waals surface area contributed by atoms with Gasteiger partial charge in [-0.3, -0.25) is 4.98 Å². The highest BCUT2D eigenvalue weighted by Gasteiger charge is 2.19. The molecule has 2 aromatic carbocycles. The molecule has 1 aliphatic carbocycles. The molecule has 26 heavy (non-hydrogen) atoms. The average Bonchev–Trinajstić information content (AvgIpc) is 2.88. The Morgan fingerprint density at radius 3 is 2.69 bits per heavy atom. The first-order valence-corrected chi connectivity index (χ1v) is 9.10. The molecule has 1 aliphatic rings. The average molecular weight is 339 g/mol. The Bertz CT molecular complexity index is 955. The van der Waals surface area contributed by atoms with Crippen molar-refractivity contribution in [3.8, 4) is 6.07 Å². The van der Waals surface area contributed by atoms with Crippen LogP contribution in [-0.2, 0) is 25.7 Å². The van der Waals surface area contributed by atoms with E-state index >= 15 is 0 Å². The second-order valence-electron chi connectivity index (χ2n) is 6.68. The van der Waals surface area contributed by atoms with Crippen LogP contribution >= 0.6 is 0 Å². The number of anilines is 1. The lowest BCUT2D eigenvalue weighted by Gasteiger charge is -2.14. The molecule has 1 aromatic heterocycles. The fourth-order valence-corrected chi connectivity index (χ4v) is 3.73. The molecule has 1 heterocycles. The lowest BCUT2D eigenvalue weighted by molar-refractivity contribution is 0.911. The molecule has 0 bridgehead atoms. The molecule has 0 fully saturated rings. The van der Waals surface area contributed by atoms with Gasteiger partial charge in [0.15, 0.2) is 0 Å². The largest absolute Gasteiger partial charge is 0.384 e. The first kappa shape index (κ1) is 16.4. The maximum absolute atomic E-state index is 9.40. The van der Waals surface area contributed by atoms with Crippen molar-refractivity contribution in [2.24, 2.45) is 0 Å². The Morgan fingerprint density at radius 2 is 1.85 bits per heavy atom. The monoisotopic (exact) mass is 339 g/mol. The summed E-state index contributed by atoms with van der Waals surface area (Å²) >= 11 is 0. The number of nitrogens with zero attached hydrogens (tertiary/aromatic N) is 2. The van der Waals surface area contributed by atoms with Gasteiger partial charge in [-0.25, -0.2) is 0 Å². The summed E-state index contributed by atoms with van der Waals surface area (Å²) in [7, 11) is 0. The minimum atomic E-state index is 0.800. The molecule has 0 radical (unpaired) electrons. The summed E-state index contributed by atoms with van der Waals surface area (Å²) in [6.07, 6.45) is 5.49. The van der Waals surface area contributed by atoms with Crippen LogP contribution < -0.4 is 5.32 Å². The summed E-state index contributed by atoms with van der Waals surface area (Å²) in [5.41, 5.74) is 8.16. The van der Waals surface area contributed by atoms with Crippen LogP contribution in [0, 0.1) is 11.3 Å². The van der Waals surface area contributed by atoms with Crippen LogP contribution in [0.3, 0.4) is 0 Å². The molecule has 3 aromatic rings. The number of nitriles is 1. The number of hydrogen-bond donors (Lipinski definition) is 1. The number of aryl methyl sites for hydroxylation is 1. The van der Waals surface area contributed by atoms with Crippen molar-refractivity contribution in [1.29, 1.82) is 5.26 Å². The first-order chi connectivity index (χ1) is 12.8. The maximum atomic E-state index is 9.40. The molecule has 3 heteroatoms. The van der Waals surface area contributed by atoms with Crippen LogP contribution in [0.25, 0.3) is 0 Å². The number of fused-ring (bicyclic) bond motifs is 2. The highest BCUT2D eigenvalue weighted by Crippen LogP contribution is 2.29. The number of hydrogen-bond acceptors (Lipinski definition) is 3. The standard InChI is InChI=1S/C23H21N3/c24-16-19-8-4-7-18-15-21-22(10-9-20(18)19)26-14-12-23(21)25-13-11-17-5-2-1-3-6-17/h1-8,12,14H,9-11,13,15H2,(H,25,26). The second kappa shape index (κ2) is 7.41. The fraction of sp³-hybridized carbons (Fsp3) is 0.217. The van der Waals surface area contributed by atoms with E-state index in [0.29, 0.717) is 0 Å². The van der Waals surface area contributed by atoms with Gasteiger partial charge in [-0.1, -0.05) is 42.5 Å². The Kier molecular flexibility index (Phi) is 4.66. The Hall–Kier alpha value is -3.12. The normalized spacial score (nSPS) is 12.4. The van der Waals surface area contributed by atoms with Crippen molar-refractivity contribution in [2.45, 2.75) is 25.7 Å². The third kappa shape index (κ3) is 3.32. The predicted octanol–water partition coefficient (Wildman–Crippen LogP) is 4.30. The fourth-order valence-electron chi connectivity index (χ4n) is 3.73. The van der Waals surface area contributed by atoms with Crippen LogP contribution in [0.15, 0.2) is 60.8 Å². The highest BCUT2D eigenvalue weighted by atomic mass is 14.9. The van der Waals surface area contributed by atoms with Crippen molar-refractivity contribution >= 4 is 5.69 Å². The van der Waals surface area contributed by atoms with Gasteiger partial charge in [-0.15, -0.1) is 0 Å². The van der Waals surface area contributed by atoms with Gasteiger partial charge < -0.3 is 5.32 Å². The summed E-state index contributed by atoms with van der Waals surface area (Å²) < 4.78 is 0. The molecule has 0 saturated heterocycles. The number of pyridine rings is 1. The van der Waals surface area contributed by atoms with Gasteiger partial charge in [-0.2, -0.15) is 5.26 Å². The van der Waals surface area contributed by atoms with Gasteiger partial charge in [0.2, 0.25) is 0 Å². The minimum Gasteiger partial charge on any atom is -0.384 e. The van der Waals surface area contributed by atoms with E-state index < -0.39 is 0 Å². The van der Waals surface area contributed by atoms with Crippen molar-refractivity contribution in [3.63, 3.8) is 0 Å². The Morgan fingerprint density at radius 1 is 0.962 bits per heavy atom. The van der Waals surface area contributed by atoms with Crippen LogP contribution in [-0.4, -0.2) is 11.5 Å². The topological polar surface area (TPSA) is 48.7 Å². The molecule has 1 N–H and O–H groups in total. The van der Waals surface area contributed by atoms with E-state index in [-0.39, 0.29) is 0 Å². The smallest absolute Gasteiger partial charge is 0.0994 e. The van der Waals surface area contributed by atoms with Gasteiger partial charge in [0.05, 0.1) is 11.6 Å². The summed E-state index contributed by atoms with van der Waals surface area (Å²) in [6.45, 7) is 0.894. The van der Waals surface area contributed by atoms with Gasteiger partial charge in [0.1, 0.15) is 0 Å². The highest BCUT2D eigenvalue weighted by molar-refractivity contribution is 5.57. The predicted molar refractivity (Wildman–Crippen MR) is 104 cm³/mol. The quantitative estimate of drug-likeness (QED) is 0.771. The van der Waals surface area contributed by atoms with E-state index in [1.165, 1.54) is 27.9 Å². The number of rotatable bonds is 4. The molecule has 0 saturated carbocycles. The van der Waals surface area contributed by atoms with Gasteiger partial charge in [0, 0.05) is 36.1 Å². The molecule has 0 aliphatic heterocycles. The second-order valence-corrected chi connectivity index (χ2v) is 6.68. The maximum Gasteiger partial charge on any atom is 0.0994 e. The van der Waals surface area contributed by atoms with E-state index in [4.69, 9.17) is 0 Å². The third-order valence-corrected chi connectivity index (χ3v) is 5.09. The molecule has 0 amide bonds.